The number of rotatable bonds is 2. The van der Waals surface area contributed by atoms with Crippen molar-refractivity contribution in [3.05, 3.63) is 24.0 Å². The third-order valence-corrected chi connectivity index (χ3v) is 1.32. The van der Waals surface area contributed by atoms with Gasteiger partial charge in [0.2, 0.25) is 0 Å². The first-order valence-corrected chi connectivity index (χ1v) is 3.08. The van der Waals surface area contributed by atoms with Gasteiger partial charge in [0.15, 0.2) is 11.6 Å². The van der Waals surface area contributed by atoms with Crippen molar-refractivity contribution in [2.45, 2.75) is 0 Å². The first-order chi connectivity index (χ1) is 5.27. The molecule has 1 aromatic rings. The summed E-state index contributed by atoms with van der Waals surface area (Å²) in [5.74, 6) is -0.199. The molecule has 11 heavy (non-hydrogen) atoms. The van der Waals surface area contributed by atoms with Crippen molar-refractivity contribution in [2.24, 2.45) is 4.99 Å². The minimum Gasteiger partial charge on any atom is -0.494 e. The van der Waals surface area contributed by atoms with Gasteiger partial charge in [-0.3, -0.25) is 4.99 Å². The minimum atomic E-state index is -0.419. The van der Waals surface area contributed by atoms with Crippen LogP contribution in [0.3, 0.4) is 0 Å². The van der Waals surface area contributed by atoms with E-state index in [4.69, 9.17) is 4.74 Å². The number of hydrogen-bond acceptors (Lipinski definition) is 2. The summed E-state index contributed by atoms with van der Waals surface area (Å²) in [5.41, 5.74) is 0.503. The Labute approximate surface area is 64.3 Å². The largest absolute Gasteiger partial charge is 0.494 e. The number of nitrogens with zero attached hydrogens (tertiary/aromatic N) is 1. The molecule has 0 bridgehead atoms. The lowest BCUT2D eigenvalue weighted by molar-refractivity contribution is 0.386. The summed E-state index contributed by atoms with van der Waals surface area (Å²) >= 11 is 0. The molecule has 0 aromatic heterocycles. The first kappa shape index (κ1) is 7.72. The van der Waals surface area contributed by atoms with E-state index in [9.17, 15) is 4.39 Å². The highest BCUT2D eigenvalue weighted by Crippen LogP contribution is 2.21. The van der Waals surface area contributed by atoms with Crippen LogP contribution in [-0.4, -0.2) is 13.8 Å². The average Bonchev–Trinajstić information content (AvgIpc) is 2.04. The summed E-state index contributed by atoms with van der Waals surface area (Å²) in [4.78, 5) is 3.56. The number of hydrogen-bond donors (Lipinski definition) is 0. The molecule has 0 saturated heterocycles. The van der Waals surface area contributed by atoms with Crippen LogP contribution >= 0.6 is 0 Å². The molecule has 1 rings (SSSR count). The second kappa shape index (κ2) is 3.14. The van der Waals surface area contributed by atoms with E-state index in [0.29, 0.717) is 5.69 Å². The molecule has 0 N–H and O–H groups in total. The van der Waals surface area contributed by atoms with Crippen LogP contribution in [0.1, 0.15) is 0 Å². The van der Waals surface area contributed by atoms with Crippen molar-refractivity contribution >= 4 is 12.4 Å². The van der Waals surface area contributed by atoms with Gasteiger partial charge in [-0.1, -0.05) is 0 Å². The fourth-order valence-corrected chi connectivity index (χ4v) is 0.754. The Morgan fingerprint density at radius 3 is 2.73 bits per heavy atom. The molecule has 0 amide bonds. The summed E-state index contributed by atoms with van der Waals surface area (Å²) in [5, 5.41) is 0. The molecule has 2 nitrogen and oxygen atoms in total. The summed E-state index contributed by atoms with van der Waals surface area (Å²) in [6.07, 6.45) is 0. The van der Waals surface area contributed by atoms with E-state index in [0.717, 1.165) is 0 Å². The average molecular weight is 153 g/mol. The SMILES string of the molecule is C=Nc1ccc(OC)c(F)c1. The van der Waals surface area contributed by atoms with E-state index in [2.05, 4.69) is 11.7 Å². The molecule has 0 heterocycles. The lowest BCUT2D eigenvalue weighted by Crippen LogP contribution is -1.85. The van der Waals surface area contributed by atoms with Crippen LogP contribution in [0.4, 0.5) is 10.1 Å². The topological polar surface area (TPSA) is 21.6 Å². The molecule has 58 valence electrons. The van der Waals surface area contributed by atoms with Gasteiger partial charge in [-0.25, -0.2) is 4.39 Å². The van der Waals surface area contributed by atoms with E-state index < -0.39 is 5.82 Å². The van der Waals surface area contributed by atoms with Gasteiger partial charge in [0, 0.05) is 6.07 Å². The summed E-state index contributed by atoms with van der Waals surface area (Å²) in [7, 11) is 1.42. The molecule has 0 aliphatic carbocycles. The van der Waals surface area contributed by atoms with Crippen molar-refractivity contribution in [2.75, 3.05) is 7.11 Å². The molecule has 0 atom stereocenters. The van der Waals surface area contributed by atoms with Crippen LogP contribution < -0.4 is 4.74 Å². The second-order valence-electron chi connectivity index (χ2n) is 1.98. The Bertz CT molecular complexity index is 273. The molecule has 0 radical (unpaired) electrons. The van der Waals surface area contributed by atoms with Gasteiger partial charge < -0.3 is 4.74 Å². The van der Waals surface area contributed by atoms with E-state index >= 15 is 0 Å². The lowest BCUT2D eigenvalue weighted by atomic mass is 10.3. The van der Waals surface area contributed by atoms with Gasteiger partial charge in [0.1, 0.15) is 0 Å². The molecular weight excluding hydrogens is 145 g/mol. The molecule has 0 aliphatic heterocycles. The van der Waals surface area contributed by atoms with Crippen molar-refractivity contribution in [3.63, 3.8) is 0 Å². The summed E-state index contributed by atoms with van der Waals surface area (Å²) in [6.45, 7) is 3.27. The van der Waals surface area contributed by atoms with Crippen molar-refractivity contribution in [1.82, 2.24) is 0 Å². The van der Waals surface area contributed by atoms with Gasteiger partial charge in [0.25, 0.3) is 0 Å². The Kier molecular flexibility index (Phi) is 2.21. The molecule has 0 unspecified atom stereocenters. The molecule has 0 saturated carbocycles. The maximum Gasteiger partial charge on any atom is 0.167 e. The molecule has 0 spiro atoms. The number of aliphatic imine (C=N–C) groups is 1. The molecular formula is C8H8FNO. The Morgan fingerprint density at radius 1 is 1.55 bits per heavy atom. The van der Waals surface area contributed by atoms with Crippen LogP contribution in [0, 0.1) is 5.82 Å². The van der Waals surface area contributed by atoms with Gasteiger partial charge in [-0.2, -0.15) is 0 Å². The number of benzene rings is 1. The first-order valence-electron chi connectivity index (χ1n) is 3.08. The van der Waals surface area contributed by atoms with Crippen molar-refractivity contribution in [3.8, 4) is 5.75 Å². The van der Waals surface area contributed by atoms with Crippen LogP contribution in [0.15, 0.2) is 23.2 Å². The number of ether oxygens (including phenoxy) is 1. The molecule has 0 aliphatic rings. The number of halogens is 1. The standard InChI is InChI=1S/C8H8FNO/c1-10-6-3-4-8(11-2)7(9)5-6/h3-5H,1H2,2H3. The maximum absolute atomic E-state index is 12.8. The van der Waals surface area contributed by atoms with E-state index in [1.807, 2.05) is 0 Å². The highest BCUT2D eigenvalue weighted by molar-refractivity contribution is 5.47. The molecule has 1 aromatic carbocycles. The highest BCUT2D eigenvalue weighted by Gasteiger charge is 2.00. The van der Waals surface area contributed by atoms with E-state index in [1.165, 1.54) is 19.2 Å². The fraction of sp³-hybridized carbons (Fsp3) is 0.125. The predicted molar refractivity (Wildman–Crippen MR) is 42.2 cm³/mol. The van der Waals surface area contributed by atoms with Crippen molar-refractivity contribution < 1.29 is 9.13 Å². The monoisotopic (exact) mass is 153 g/mol. The lowest BCUT2D eigenvalue weighted by Gasteiger charge is -2.00. The Hall–Kier alpha value is -1.38. The highest BCUT2D eigenvalue weighted by atomic mass is 19.1. The minimum absolute atomic E-state index is 0.220. The predicted octanol–water partition coefficient (Wildman–Crippen LogP) is 2.17. The van der Waals surface area contributed by atoms with Crippen LogP contribution in [0.25, 0.3) is 0 Å². The van der Waals surface area contributed by atoms with E-state index in [-0.39, 0.29) is 5.75 Å². The normalized spacial score (nSPS) is 9.27. The van der Waals surface area contributed by atoms with E-state index in [1.54, 1.807) is 6.07 Å². The summed E-state index contributed by atoms with van der Waals surface area (Å²) in [6, 6.07) is 4.42. The quantitative estimate of drug-likeness (QED) is 0.596. The fourth-order valence-electron chi connectivity index (χ4n) is 0.754. The Morgan fingerprint density at radius 2 is 2.27 bits per heavy atom. The third kappa shape index (κ3) is 1.55. The zero-order valence-electron chi connectivity index (χ0n) is 6.17. The van der Waals surface area contributed by atoms with Gasteiger partial charge in [-0.15, -0.1) is 0 Å². The second-order valence-corrected chi connectivity index (χ2v) is 1.98. The van der Waals surface area contributed by atoms with Crippen LogP contribution in [-0.2, 0) is 0 Å². The maximum atomic E-state index is 12.8. The van der Waals surface area contributed by atoms with Crippen LogP contribution in [0.5, 0.6) is 5.75 Å². The number of methoxy groups -OCH3 is 1. The van der Waals surface area contributed by atoms with Crippen LogP contribution in [0.2, 0.25) is 0 Å². The summed E-state index contributed by atoms with van der Waals surface area (Å²) < 4.78 is 17.5. The smallest absolute Gasteiger partial charge is 0.167 e. The molecule has 3 heteroatoms. The zero-order chi connectivity index (χ0) is 8.27. The molecule has 0 fully saturated rings. The van der Waals surface area contributed by atoms with Crippen molar-refractivity contribution in [1.29, 1.82) is 0 Å². The van der Waals surface area contributed by atoms with Gasteiger partial charge >= 0.3 is 0 Å². The third-order valence-electron chi connectivity index (χ3n) is 1.32. The zero-order valence-corrected chi connectivity index (χ0v) is 6.17. The van der Waals surface area contributed by atoms with Gasteiger partial charge in [-0.05, 0) is 18.9 Å². The Balaban J connectivity index is 3.09. The van der Waals surface area contributed by atoms with Gasteiger partial charge in [0.05, 0.1) is 12.8 Å².